The van der Waals surface area contributed by atoms with Crippen molar-refractivity contribution in [1.82, 2.24) is 4.98 Å². The highest BCUT2D eigenvalue weighted by molar-refractivity contribution is 9.09. The van der Waals surface area contributed by atoms with Crippen LogP contribution in [-0.4, -0.2) is 9.81 Å². The van der Waals surface area contributed by atoms with Crippen LogP contribution >= 0.6 is 15.9 Å². The lowest BCUT2D eigenvalue weighted by atomic mass is 9.88. The molecule has 1 heterocycles. The van der Waals surface area contributed by atoms with Gasteiger partial charge in [-0.15, -0.1) is 0 Å². The summed E-state index contributed by atoms with van der Waals surface area (Å²) >= 11 is 3.80. The predicted octanol–water partition coefficient (Wildman–Crippen LogP) is 4.59. The molecule has 0 saturated carbocycles. The van der Waals surface area contributed by atoms with E-state index in [-0.39, 0.29) is 5.41 Å². The molecule has 0 radical (unpaired) electrons. The number of hydrogen-bond acceptors (Lipinski definition) is 1. The molecule has 0 amide bonds. The van der Waals surface area contributed by atoms with E-state index in [1.54, 1.807) is 0 Å². The predicted molar refractivity (Wildman–Crippen MR) is 77.6 cm³/mol. The van der Waals surface area contributed by atoms with Crippen molar-refractivity contribution in [2.75, 3.05) is 0 Å². The third-order valence-corrected chi connectivity index (χ3v) is 4.78. The third kappa shape index (κ3) is 2.86. The number of pyridine rings is 1. The maximum atomic E-state index is 4.40. The van der Waals surface area contributed by atoms with Gasteiger partial charge in [0, 0.05) is 16.4 Å². The topological polar surface area (TPSA) is 12.9 Å². The van der Waals surface area contributed by atoms with Crippen molar-refractivity contribution in [2.24, 2.45) is 5.41 Å². The zero-order chi connectivity index (χ0) is 12.5. The second kappa shape index (κ2) is 4.77. The number of rotatable bonds is 2. The summed E-state index contributed by atoms with van der Waals surface area (Å²) in [4.78, 5) is 4.87. The molecule has 1 aromatic heterocycles. The SMILES string of the molecule is CC(C)(C)C(Br)Cc1ccnc2ccccc12. The van der Waals surface area contributed by atoms with Gasteiger partial charge in [0.25, 0.3) is 0 Å². The average molecular weight is 292 g/mol. The summed E-state index contributed by atoms with van der Waals surface area (Å²) < 4.78 is 0. The lowest BCUT2D eigenvalue weighted by Crippen LogP contribution is -2.22. The van der Waals surface area contributed by atoms with E-state index in [0.29, 0.717) is 4.83 Å². The van der Waals surface area contributed by atoms with Crippen LogP contribution in [-0.2, 0) is 6.42 Å². The third-order valence-electron chi connectivity index (χ3n) is 3.08. The molecule has 0 saturated heterocycles. The van der Waals surface area contributed by atoms with E-state index in [4.69, 9.17) is 0 Å². The maximum absolute atomic E-state index is 4.40. The van der Waals surface area contributed by atoms with Gasteiger partial charge in [0.2, 0.25) is 0 Å². The highest BCUT2D eigenvalue weighted by atomic mass is 79.9. The van der Waals surface area contributed by atoms with E-state index in [0.717, 1.165) is 11.9 Å². The molecular formula is C15H18BrN. The molecule has 0 bridgehead atoms. The zero-order valence-corrected chi connectivity index (χ0v) is 12.2. The van der Waals surface area contributed by atoms with Crippen LogP contribution in [0.4, 0.5) is 0 Å². The summed E-state index contributed by atoms with van der Waals surface area (Å²) in [6.45, 7) is 6.78. The first-order valence-corrected chi connectivity index (χ1v) is 6.87. The lowest BCUT2D eigenvalue weighted by molar-refractivity contribution is 0.398. The van der Waals surface area contributed by atoms with Gasteiger partial charge in [-0.1, -0.05) is 54.9 Å². The Hall–Kier alpha value is -0.890. The number of alkyl halides is 1. The molecule has 1 unspecified atom stereocenters. The van der Waals surface area contributed by atoms with Crippen LogP contribution in [0, 0.1) is 5.41 Å². The molecule has 0 aliphatic heterocycles. The summed E-state index contributed by atoms with van der Waals surface area (Å²) in [6, 6.07) is 10.5. The van der Waals surface area contributed by atoms with E-state index >= 15 is 0 Å². The number of benzene rings is 1. The van der Waals surface area contributed by atoms with Crippen molar-refractivity contribution in [1.29, 1.82) is 0 Å². The minimum Gasteiger partial charge on any atom is -0.256 e. The molecule has 0 aliphatic rings. The molecule has 1 atom stereocenters. The van der Waals surface area contributed by atoms with Crippen LogP contribution in [0.2, 0.25) is 0 Å². The Labute approximate surface area is 111 Å². The molecular weight excluding hydrogens is 274 g/mol. The largest absolute Gasteiger partial charge is 0.256 e. The quantitative estimate of drug-likeness (QED) is 0.738. The molecule has 0 aliphatic carbocycles. The number of para-hydroxylation sites is 1. The van der Waals surface area contributed by atoms with Gasteiger partial charge in [0.1, 0.15) is 0 Å². The van der Waals surface area contributed by atoms with Gasteiger partial charge in [0.15, 0.2) is 0 Å². The van der Waals surface area contributed by atoms with E-state index < -0.39 is 0 Å². The smallest absolute Gasteiger partial charge is 0.0704 e. The van der Waals surface area contributed by atoms with Crippen LogP contribution in [0.15, 0.2) is 36.5 Å². The fourth-order valence-corrected chi connectivity index (χ4v) is 2.18. The molecule has 2 aromatic rings. The first-order valence-electron chi connectivity index (χ1n) is 5.95. The first-order chi connectivity index (χ1) is 7.98. The number of fused-ring (bicyclic) bond motifs is 1. The van der Waals surface area contributed by atoms with Crippen LogP contribution in [0.5, 0.6) is 0 Å². The van der Waals surface area contributed by atoms with Crippen molar-refractivity contribution in [3.8, 4) is 0 Å². The fraction of sp³-hybridized carbons (Fsp3) is 0.400. The molecule has 0 spiro atoms. The average Bonchev–Trinajstić information content (AvgIpc) is 2.28. The molecule has 90 valence electrons. The monoisotopic (exact) mass is 291 g/mol. The van der Waals surface area contributed by atoms with Gasteiger partial charge >= 0.3 is 0 Å². The van der Waals surface area contributed by atoms with Crippen molar-refractivity contribution in [2.45, 2.75) is 32.0 Å². The van der Waals surface area contributed by atoms with Crippen LogP contribution in [0.3, 0.4) is 0 Å². The number of halogens is 1. The van der Waals surface area contributed by atoms with Gasteiger partial charge in [-0.05, 0) is 29.5 Å². The van der Waals surface area contributed by atoms with Crippen LogP contribution < -0.4 is 0 Å². The van der Waals surface area contributed by atoms with Gasteiger partial charge in [-0.25, -0.2) is 0 Å². The molecule has 0 fully saturated rings. The molecule has 0 N–H and O–H groups in total. The molecule has 17 heavy (non-hydrogen) atoms. The van der Waals surface area contributed by atoms with Crippen molar-refractivity contribution in [3.05, 3.63) is 42.1 Å². The highest BCUT2D eigenvalue weighted by Gasteiger charge is 2.22. The molecule has 2 heteroatoms. The van der Waals surface area contributed by atoms with Crippen LogP contribution in [0.1, 0.15) is 26.3 Å². The minimum absolute atomic E-state index is 0.268. The maximum Gasteiger partial charge on any atom is 0.0704 e. The number of nitrogens with zero attached hydrogens (tertiary/aromatic N) is 1. The van der Waals surface area contributed by atoms with Crippen LogP contribution in [0.25, 0.3) is 10.9 Å². The Morgan fingerprint density at radius 1 is 1.18 bits per heavy atom. The summed E-state index contributed by atoms with van der Waals surface area (Å²) in [5.74, 6) is 0. The van der Waals surface area contributed by atoms with E-state index in [2.05, 4.69) is 66.0 Å². The second-order valence-corrected chi connectivity index (χ2v) is 6.63. The Bertz CT molecular complexity index is 508. The first kappa shape index (κ1) is 12.6. The molecule has 2 rings (SSSR count). The van der Waals surface area contributed by atoms with Gasteiger partial charge < -0.3 is 0 Å². The summed E-state index contributed by atoms with van der Waals surface area (Å²) in [6.07, 6.45) is 2.94. The lowest BCUT2D eigenvalue weighted by Gasteiger charge is -2.25. The van der Waals surface area contributed by atoms with Crippen molar-refractivity contribution < 1.29 is 0 Å². The number of hydrogen-bond donors (Lipinski definition) is 0. The minimum atomic E-state index is 0.268. The van der Waals surface area contributed by atoms with Gasteiger partial charge in [-0.2, -0.15) is 0 Å². The van der Waals surface area contributed by atoms with E-state index in [1.807, 2.05) is 12.3 Å². The Morgan fingerprint density at radius 2 is 1.88 bits per heavy atom. The standard InChI is InChI=1S/C15H18BrN/c1-15(2,3)14(16)10-11-8-9-17-13-7-5-4-6-12(11)13/h4-9,14H,10H2,1-3H3. The molecule has 1 aromatic carbocycles. The van der Waals surface area contributed by atoms with Gasteiger partial charge in [0.05, 0.1) is 5.52 Å². The Kier molecular flexibility index (Phi) is 3.53. The van der Waals surface area contributed by atoms with Crippen molar-refractivity contribution in [3.63, 3.8) is 0 Å². The highest BCUT2D eigenvalue weighted by Crippen LogP contribution is 2.30. The Balaban J connectivity index is 2.36. The van der Waals surface area contributed by atoms with Gasteiger partial charge in [-0.3, -0.25) is 4.98 Å². The van der Waals surface area contributed by atoms with Crippen molar-refractivity contribution >= 4 is 26.8 Å². The number of aromatic nitrogens is 1. The fourth-order valence-electron chi connectivity index (χ4n) is 1.83. The van der Waals surface area contributed by atoms with E-state index in [1.165, 1.54) is 10.9 Å². The summed E-state index contributed by atoms with van der Waals surface area (Å²) in [5, 5.41) is 1.27. The summed E-state index contributed by atoms with van der Waals surface area (Å²) in [7, 11) is 0. The summed E-state index contributed by atoms with van der Waals surface area (Å²) in [5.41, 5.74) is 2.72. The Morgan fingerprint density at radius 3 is 2.59 bits per heavy atom. The second-order valence-electron chi connectivity index (χ2n) is 5.52. The zero-order valence-electron chi connectivity index (χ0n) is 10.6. The normalized spacial score (nSPS) is 13.9. The van der Waals surface area contributed by atoms with E-state index in [9.17, 15) is 0 Å². The molecule has 1 nitrogen and oxygen atoms in total.